The van der Waals surface area contributed by atoms with E-state index >= 15 is 0 Å². The molecule has 5 nitrogen and oxygen atoms in total. The average molecular weight is 252 g/mol. The molecule has 1 aromatic heterocycles. The third-order valence-corrected chi connectivity index (χ3v) is 2.48. The van der Waals surface area contributed by atoms with E-state index in [9.17, 15) is 14.7 Å². The van der Waals surface area contributed by atoms with E-state index in [1.54, 1.807) is 19.9 Å². The fourth-order valence-electron chi connectivity index (χ4n) is 1.40. The minimum Gasteiger partial charge on any atom is -0.389 e. The Labute approximate surface area is 106 Å². The Kier molecular flexibility index (Phi) is 4.29. The lowest BCUT2D eigenvalue weighted by Crippen LogP contribution is -2.40. The molecule has 0 aromatic carbocycles. The number of carbonyl (C=O) groups is 1. The van der Waals surface area contributed by atoms with Crippen molar-refractivity contribution in [3.8, 4) is 0 Å². The first-order chi connectivity index (χ1) is 8.20. The topological polar surface area (TPSA) is 82.2 Å². The standard InChI is InChI=1S/C13H20N2O3/c1-8(2)10-6-5-9(12(17)15-10)11(16)14-7-13(3,4)18/h5-6,8,18H,7H2,1-4H3,(H,14,16)(H,15,17). The van der Waals surface area contributed by atoms with E-state index in [2.05, 4.69) is 10.3 Å². The van der Waals surface area contributed by atoms with Gasteiger partial charge in [-0.15, -0.1) is 0 Å². The van der Waals surface area contributed by atoms with Gasteiger partial charge in [-0.05, 0) is 31.9 Å². The van der Waals surface area contributed by atoms with Crippen LogP contribution in [0.3, 0.4) is 0 Å². The van der Waals surface area contributed by atoms with Crippen molar-refractivity contribution in [3.63, 3.8) is 0 Å². The summed E-state index contributed by atoms with van der Waals surface area (Å²) in [6, 6.07) is 3.24. The molecular weight excluding hydrogens is 232 g/mol. The van der Waals surface area contributed by atoms with Crippen molar-refractivity contribution in [1.29, 1.82) is 0 Å². The number of hydrogen-bond donors (Lipinski definition) is 3. The van der Waals surface area contributed by atoms with Crippen molar-refractivity contribution < 1.29 is 9.90 Å². The van der Waals surface area contributed by atoms with Crippen LogP contribution in [-0.4, -0.2) is 28.1 Å². The molecule has 0 fully saturated rings. The highest BCUT2D eigenvalue weighted by molar-refractivity contribution is 5.93. The van der Waals surface area contributed by atoms with Gasteiger partial charge in [0.25, 0.3) is 11.5 Å². The highest BCUT2D eigenvalue weighted by Gasteiger charge is 2.16. The smallest absolute Gasteiger partial charge is 0.261 e. The summed E-state index contributed by atoms with van der Waals surface area (Å²) in [6.45, 7) is 7.18. The molecule has 3 N–H and O–H groups in total. The molecule has 18 heavy (non-hydrogen) atoms. The van der Waals surface area contributed by atoms with Crippen molar-refractivity contribution in [2.75, 3.05) is 6.54 Å². The van der Waals surface area contributed by atoms with E-state index in [1.807, 2.05) is 13.8 Å². The van der Waals surface area contributed by atoms with Crippen LogP contribution in [0.4, 0.5) is 0 Å². The molecule has 0 radical (unpaired) electrons. The van der Waals surface area contributed by atoms with E-state index in [4.69, 9.17) is 0 Å². The molecule has 1 aromatic rings. The van der Waals surface area contributed by atoms with Gasteiger partial charge in [-0.25, -0.2) is 0 Å². The van der Waals surface area contributed by atoms with Gasteiger partial charge in [0.05, 0.1) is 5.60 Å². The molecule has 0 aliphatic rings. The Hall–Kier alpha value is -1.62. The minimum atomic E-state index is -1.000. The summed E-state index contributed by atoms with van der Waals surface area (Å²) in [5.41, 5.74) is -0.558. The first-order valence-corrected chi connectivity index (χ1v) is 5.94. The van der Waals surface area contributed by atoms with Crippen molar-refractivity contribution in [1.82, 2.24) is 10.3 Å². The maximum atomic E-state index is 11.8. The predicted octanol–water partition coefficient (Wildman–Crippen LogP) is 0.999. The van der Waals surface area contributed by atoms with Gasteiger partial charge in [-0.3, -0.25) is 9.59 Å². The number of pyridine rings is 1. The Morgan fingerprint density at radius 3 is 2.50 bits per heavy atom. The molecule has 1 heterocycles. The zero-order valence-electron chi connectivity index (χ0n) is 11.2. The number of rotatable bonds is 4. The molecule has 100 valence electrons. The van der Waals surface area contributed by atoms with E-state index in [-0.39, 0.29) is 18.0 Å². The van der Waals surface area contributed by atoms with Gasteiger partial charge in [0.15, 0.2) is 0 Å². The van der Waals surface area contributed by atoms with Gasteiger partial charge in [-0.2, -0.15) is 0 Å². The average Bonchev–Trinajstić information content (AvgIpc) is 2.24. The van der Waals surface area contributed by atoms with E-state index in [0.29, 0.717) is 0 Å². The van der Waals surface area contributed by atoms with Crippen LogP contribution in [0, 0.1) is 0 Å². The predicted molar refractivity (Wildman–Crippen MR) is 69.8 cm³/mol. The van der Waals surface area contributed by atoms with Crippen LogP contribution in [0.1, 0.15) is 49.7 Å². The fourth-order valence-corrected chi connectivity index (χ4v) is 1.40. The zero-order valence-corrected chi connectivity index (χ0v) is 11.2. The van der Waals surface area contributed by atoms with E-state index < -0.39 is 17.1 Å². The SMILES string of the molecule is CC(C)c1ccc(C(=O)NCC(C)(C)O)c(=O)[nH]1. The molecule has 0 aliphatic carbocycles. The Morgan fingerprint density at radius 1 is 1.44 bits per heavy atom. The summed E-state index contributed by atoms with van der Waals surface area (Å²) < 4.78 is 0. The quantitative estimate of drug-likeness (QED) is 0.747. The Bertz CT molecular complexity index is 484. The highest BCUT2D eigenvalue weighted by atomic mass is 16.3. The molecule has 0 unspecified atom stereocenters. The number of aromatic nitrogens is 1. The van der Waals surface area contributed by atoms with Gasteiger partial charge in [0.2, 0.25) is 0 Å². The largest absolute Gasteiger partial charge is 0.389 e. The zero-order chi connectivity index (χ0) is 13.9. The molecule has 0 saturated heterocycles. The van der Waals surface area contributed by atoms with Crippen LogP contribution in [-0.2, 0) is 0 Å². The van der Waals surface area contributed by atoms with Crippen LogP contribution < -0.4 is 10.9 Å². The number of carbonyl (C=O) groups excluding carboxylic acids is 1. The molecule has 1 amide bonds. The van der Waals surface area contributed by atoms with Crippen molar-refractivity contribution in [3.05, 3.63) is 33.7 Å². The lowest BCUT2D eigenvalue weighted by molar-refractivity contribution is 0.0693. The van der Waals surface area contributed by atoms with Crippen LogP contribution in [0.2, 0.25) is 0 Å². The third-order valence-electron chi connectivity index (χ3n) is 2.48. The number of H-pyrrole nitrogens is 1. The summed E-state index contributed by atoms with van der Waals surface area (Å²) in [6.07, 6.45) is 0. The fraction of sp³-hybridized carbons (Fsp3) is 0.538. The van der Waals surface area contributed by atoms with Crippen LogP contribution >= 0.6 is 0 Å². The summed E-state index contributed by atoms with van der Waals surface area (Å²) in [7, 11) is 0. The van der Waals surface area contributed by atoms with Crippen molar-refractivity contribution in [2.45, 2.75) is 39.2 Å². The molecular formula is C13H20N2O3. The number of aliphatic hydroxyl groups is 1. The van der Waals surface area contributed by atoms with Crippen LogP contribution in [0.25, 0.3) is 0 Å². The Morgan fingerprint density at radius 2 is 2.06 bits per heavy atom. The molecule has 0 saturated carbocycles. The van der Waals surface area contributed by atoms with Crippen molar-refractivity contribution >= 4 is 5.91 Å². The molecule has 1 rings (SSSR count). The molecule has 0 atom stereocenters. The molecule has 0 aliphatic heterocycles. The maximum Gasteiger partial charge on any atom is 0.261 e. The lowest BCUT2D eigenvalue weighted by atomic mass is 10.1. The first-order valence-electron chi connectivity index (χ1n) is 5.94. The second-order valence-corrected chi connectivity index (χ2v) is 5.31. The van der Waals surface area contributed by atoms with Crippen LogP contribution in [0.15, 0.2) is 16.9 Å². The summed E-state index contributed by atoms with van der Waals surface area (Å²) in [5, 5.41) is 12.0. The third kappa shape index (κ3) is 4.00. The van der Waals surface area contributed by atoms with Crippen LogP contribution in [0.5, 0.6) is 0 Å². The normalized spacial score (nSPS) is 11.7. The van der Waals surface area contributed by atoms with Gasteiger partial charge in [0.1, 0.15) is 5.56 Å². The summed E-state index contributed by atoms with van der Waals surface area (Å²) in [5.74, 6) is -0.278. The first kappa shape index (κ1) is 14.4. The lowest BCUT2D eigenvalue weighted by Gasteiger charge is -2.17. The molecule has 5 heteroatoms. The number of nitrogens with one attached hydrogen (secondary N) is 2. The van der Waals surface area contributed by atoms with Crippen molar-refractivity contribution in [2.24, 2.45) is 0 Å². The monoisotopic (exact) mass is 252 g/mol. The van der Waals surface area contributed by atoms with Gasteiger partial charge >= 0.3 is 0 Å². The van der Waals surface area contributed by atoms with E-state index in [1.165, 1.54) is 6.07 Å². The van der Waals surface area contributed by atoms with Gasteiger partial charge in [0, 0.05) is 12.2 Å². The number of aromatic amines is 1. The van der Waals surface area contributed by atoms with Gasteiger partial charge < -0.3 is 15.4 Å². The second-order valence-electron chi connectivity index (χ2n) is 5.31. The summed E-state index contributed by atoms with van der Waals surface area (Å²) >= 11 is 0. The molecule has 0 bridgehead atoms. The number of hydrogen-bond acceptors (Lipinski definition) is 3. The summed E-state index contributed by atoms with van der Waals surface area (Å²) in [4.78, 5) is 26.2. The van der Waals surface area contributed by atoms with Gasteiger partial charge in [-0.1, -0.05) is 13.8 Å². The highest BCUT2D eigenvalue weighted by Crippen LogP contribution is 2.09. The molecule has 0 spiro atoms. The Balaban J connectivity index is 2.85. The second kappa shape index (κ2) is 5.35. The maximum absolute atomic E-state index is 11.8. The number of amides is 1. The van der Waals surface area contributed by atoms with E-state index in [0.717, 1.165) is 5.69 Å². The minimum absolute atomic E-state index is 0.0589.